The number of carbonyl (C=O) groups is 1. The van der Waals surface area contributed by atoms with Crippen LogP contribution in [0.2, 0.25) is 0 Å². The molecule has 1 amide bonds. The van der Waals surface area contributed by atoms with Crippen LogP contribution in [0.15, 0.2) is 57.8 Å². The topological polar surface area (TPSA) is 91.7 Å². The van der Waals surface area contributed by atoms with Crippen LogP contribution in [0.3, 0.4) is 0 Å². The number of rotatable bonds is 5. The van der Waals surface area contributed by atoms with Gasteiger partial charge >= 0.3 is 12.1 Å². The Balaban J connectivity index is 1.81. The van der Waals surface area contributed by atoms with E-state index in [9.17, 15) is 26.4 Å². The summed E-state index contributed by atoms with van der Waals surface area (Å²) in [5.41, 5.74) is 1.74. The minimum Gasteiger partial charge on any atom is -0.451 e. The van der Waals surface area contributed by atoms with Gasteiger partial charge in [0.2, 0.25) is 0 Å². The second-order valence-electron chi connectivity index (χ2n) is 6.28. The van der Waals surface area contributed by atoms with E-state index in [-0.39, 0.29) is 5.76 Å². The maximum atomic E-state index is 13.1. The molecule has 2 N–H and O–H groups in total. The molecule has 0 fully saturated rings. The number of benzene rings is 2. The number of nitrogens with one attached hydrogen (secondary N) is 2. The van der Waals surface area contributed by atoms with Gasteiger partial charge in [0.1, 0.15) is 5.58 Å². The molecule has 0 radical (unpaired) electrons. The van der Waals surface area contributed by atoms with Gasteiger partial charge in [0.15, 0.2) is 5.76 Å². The summed E-state index contributed by atoms with van der Waals surface area (Å²) in [6.45, 7) is 0. The lowest BCUT2D eigenvalue weighted by Gasteiger charge is -2.13. The smallest absolute Gasteiger partial charge is 0.417 e. The summed E-state index contributed by atoms with van der Waals surface area (Å²) in [7, 11) is -1.03. The van der Waals surface area contributed by atoms with E-state index in [0.717, 1.165) is 23.9 Å². The molecule has 0 saturated carbocycles. The molecule has 29 heavy (non-hydrogen) atoms. The number of furan rings is 1. The van der Waals surface area contributed by atoms with Gasteiger partial charge in [-0.3, -0.25) is 10.2 Å². The van der Waals surface area contributed by atoms with E-state index in [2.05, 4.69) is 0 Å². The standard InChI is InChI=1S/C18H16F3N3O4S/c1-24(2)12-8-7-11-9-15(28-14(11)10-12)17(25)22-23-29(26,27)16-6-4-3-5-13(16)18(19,20)21/h3-10,23H,1-2H3,(H,22,25). The van der Waals surface area contributed by atoms with Gasteiger partial charge in [-0.05, 0) is 30.3 Å². The van der Waals surface area contributed by atoms with Crippen molar-refractivity contribution in [1.29, 1.82) is 0 Å². The van der Waals surface area contributed by atoms with Crippen molar-refractivity contribution in [3.8, 4) is 0 Å². The van der Waals surface area contributed by atoms with Crippen molar-refractivity contribution >= 4 is 32.6 Å². The number of nitrogens with zero attached hydrogens (tertiary/aromatic N) is 1. The van der Waals surface area contributed by atoms with Crippen LogP contribution >= 0.6 is 0 Å². The number of anilines is 1. The van der Waals surface area contributed by atoms with Crippen molar-refractivity contribution in [3.05, 3.63) is 59.9 Å². The second-order valence-corrected chi connectivity index (χ2v) is 7.93. The second kappa shape index (κ2) is 7.41. The van der Waals surface area contributed by atoms with Gasteiger partial charge in [-0.1, -0.05) is 12.1 Å². The number of amides is 1. The molecule has 0 aliphatic carbocycles. The van der Waals surface area contributed by atoms with Gasteiger partial charge < -0.3 is 9.32 Å². The molecular formula is C18H16F3N3O4S. The third kappa shape index (κ3) is 4.35. The van der Waals surface area contributed by atoms with Crippen molar-refractivity contribution in [3.63, 3.8) is 0 Å². The minimum atomic E-state index is -4.88. The van der Waals surface area contributed by atoms with Gasteiger partial charge in [-0.15, -0.1) is 4.83 Å². The normalized spacial score (nSPS) is 12.2. The molecule has 7 nitrogen and oxygen atoms in total. The van der Waals surface area contributed by atoms with Crippen LogP contribution in [-0.4, -0.2) is 28.4 Å². The molecule has 0 spiro atoms. The predicted octanol–water partition coefficient (Wildman–Crippen LogP) is 3.14. The molecule has 3 rings (SSSR count). The van der Waals surface area contributed by atoms with Crippen molar-refractivity contribution < 1.29 is 30.8 Å². The Morgan fingerprint density at radius 3 is 2.41 bits per heavy atom. The zero-order valence-corrected chi connectivity index (χ0v) is 16.1. The molecule has 3 aromatic rings. The zero-order valence-electron chi connectivity index (χ0n) is 15.2. The maximum Gasteiger partial charge on any atom is 0.417 e. The average Bonchev–Trinajstić information content (AvgIpc) is 3.09. The first-order valence-corrected chi connectivity index (χ1v) is 9.66. The summed E-state index contributed by atoms with van der Waals surface area (Å²) in [6.07, 6.45) is -4.88. The van der Waals surface area contributed by atoms with E-state index in [1.165, 1.54) is 6.07 Å². The lowest BCUT2D eigenvalue weighted by Crippen LogP contribution is -2.42. The number of hydrazine groups is 1. The van der Waals surface area contributed by atoms with Crippen molar-refractivity contribution in [2.45, 2.75) is 11.1 Å². The number of fused-ring (bicyclic) bond motifs is 1. The predicted molar refractivity (Wildman–Crippen MR) is 99.8 cm³/mol. The Morgan fingerprint density at radius 1 is 1.07 bits per heavy atom. The number of halogens is 3. The van der Waals surface area contributed by atoms with Gasteiger partial charge in [-0.25, -0.2) is 8.42 Å². The van der Waals surface area contributed by atoms with Crippen LogP contribution in [0.5, 0.6) is 0 Å². The monoisotopic (exact) mass is 427 g/mol. The summed E-state index contributed by atoms with van der Waals surface area (Å²) in [6, 6.07) is 10.2. The quantitative estimate of drug-likeness (QED) is 0.611. The van der Waals surface area contributed by atoms with E-state index in [4.69, 9.17) is 4.42 Å². The number of sulfonamides is 1. The first-order valence-electron chi connectivity index (χ1n) is 8.18. The first kappa shape index (κ1) is 20.7. The molecule has 0 aliphatic heterocycles. The number of alkyl halides is 3. The molecule has 2 aromatic carbocycles. The molecule has 11 heteroatoms. The van der Waals surface area contributed by atoms with E-state index < -0.39 is 32.6 Å². The fourth-order valence-corrected chi connectivity index (χ4v) is 3.64. The number of carbonyl (C=O) groups excluding carboxylic acids is 1. The summed E-state index contributed by atoms with van der Waals surface area (Å²) in [5, 5.41) is 0.603. The van der Waals surface area contributed by atoms with E-state index in [0.29, 0.717) is 17.0 Å². The molecule has 0 bridgehead atoms. The third-order valence-corrected chi connectivity index (χ3v) is 5.33. The van der Waals surface area contributed by atoms with E-state index in [1.807, 2.05) is 24.4 Å². The van der Waals surface area contributed by atoms with Crippen LogP contribution in [0.4, 0.5) is 18.9 Å². The fourth-order valence-electron chi connectivity index (χ4n) is 2.58. The minimum absolute atomic E-state index is 0.206. The Morgan fingerprint density at radius 2 is 1.76 bits per heavy atom. The highest BCUT2D eigenvalue weighted by molar-refractivity contribution is 7.89. The van der Waals surface area contributed by atoms with Crippen LogP contribution in [0.25, 0.3) is 11.0 Å². The number of hydrogen-bond donors (Lipinski definition) is 2. The largest absolute Gasteiger partial charge is 0.451 e. The average molecular weight is 427 g/mol. The lowest BCUT2D eigenvalue weighted by atomic mass is 10.2. The van der Waals surface area contributed by atoms with Crippen LogP contribution in [-0.2, 0) is 16.2 Å². The molecule has 0 atom stereocenters. The van der Waals surface area contributed by atoms with Crippen molar-refractivity contribution in [1.82, 2.24) is 10.3 Å². The SMILES string of the molecule is CN(C)c1ccc2cc(C(=O)NNS(=O)(=O)c3ccccc3C(F)(F)F)oc2c1. The van der Waals surface area contributed by atoms with Gasteiger partial charge in [0, 0.05) is 31.2 Å². The van der Waals surface area contributed by atoms with E-state index in [1.54, 1.807) is 23.0 Å². The molecule has 154 valence electrons. The van der Waals surface area contributed by atoms with Crippen LogP contribution < -0.4 is 15.2 Å². The van der Waals surface area contributed by atoms with Crippen LogP contribution in [0.1, 0.15) is 16.1 Å². The number of hydrogen-bond acceptors (Lipinski definition) is 5. The Kier molecular flexibility index (Phi) is 5.28. The van der Waals surface area contributed by atoms with Crippen molar-refractivity contribution in [2.75, 3.05) is 19.0 Å². The highest BCUT2D eigenvalue weighted by Crippen LogP contribution is 2.33. The van der Waals surface area contributed by atoms with E-state index >= 15 is 0 Å². The Hall–Kier alpha value is -3.05. The Labute approximate surface area is 164 Å². The zero-order chi connectivity index (χ0) is 21.4. The maximum absolute atomic E-state index is 13.1. The lowest BCUT2D eigenvalue weighted by molar-refractivity contribution is -0.139. The van der Waals surface area contributed by atoms with Crippen molar-refractivity contribution in [2.24, 2.45) is 0 Å². The molecule has 1 aromatic heterocycles. The Bertz CT molecular complexity index is 1170. The third-order valence-electron chi connectivity index (χ3n) is 4.02. The molecular weight excluding hydrogens is 411 g/mol. The van der Waals surface area contributed by atoms with Gasteiger partial charge in [0.25, 0.3) is 10.0 Å². The highest BCUT2D eigenvalue weighted by atomic mass is 32.2. The molecule has 0 aliphatic rings. The first-order chi connectivity index (χ1) is 13.5. The summed E-state index contributed by atoms with van der Waals surface area (Å²) < 4.78 is 69.1. The summed E-state index contributed by atoms with van der Waals surface area (Å²) in [4.78, 5) is 14.7. The highest BCUT2D eigenvalue weighted by Gasteiger charge is 2.37. The summed E-state index contributed by atoms with van der Waals surface area (Å²) in [5.74, 6) is -1.16. The van der Waals surface area contributed by atoms with Gasteiger partial charge in [-0.2, -0.15) is 13.2 Å². The molecule has 1 heterocycles. The molecule has 0 unspecified atom stereocenters. The van der Waals surface area contributed by atoms with Crippen LogP contribution in [0, 0.1) is 0 Å². The fraction of sp³-hybridized carbons (Fsp3) is 0.167. The van der Waals surface area contributed by atoms with Gasteiger partial charge in [0.05, 0.1) is 10.5 Å². The molecule has 0 saturated heterocycles. The summed E-state index contributed by atoms with van der Waals surface area (Å²) >= 11 is 0.